The summed E-state index contributed by atoms with van der Waals surface area (Å²) in [5.41, 5.74) is 2.54. The number of benzene rings is 3. The molecule has 0 aliphatic heterocycles. The molecule has 1 aliphatic rings. The fourth-order valence-corrected chi connectivity index (χ4v) is 5.69. The van der Waals surface area contributed by atoms with E-state index in [-0.39, 0.29) is 22.9 Å². The van der Waals surface area contributed by atoms with Gasteiger partial charge in [-0.1, -0.05) is 66.4 Å². The van der Waals surface area contributed by atoms with E-state index in [0.717, 1.165) is 24.0 Å². The van der Waals surface area contributed by atoms with Crippen LogP contribution in [0.4, 0.5) is 4.39 Å². The van der Waals surface area contributed by atoms with Crippen LogP contribution in [-0.2, 0) is 16.6 Å². The number of hydrogen-bond donors (Lipinski definition) is 1. The predicted octanol–water partition coefficient (Wildman–Crippen LogP) is 7.35. The molecule has 4 rings (SSSR count). The lowest BCUT2D eigenvalue weighted by atomic mass is 9.77. The molecule has 35 heavy (non-hydrogen) atoms. The second kappa shape index (κ2) is 10.8. The summed E-state index contributed by atoms with van der Waals surface area (Å²) in [7, 11) is 0. The Balaban J connectivity index is 1.65. The molecule has 3 aromatic carbocycles. The van der Waals surface area contributed by atoms with Crippen LogP contribution in [0.3, 0.4) is 0 Å². The molecule has 180 valence electrons. The zero-order valence-electron chi connectivity index (χ0n) is 19.5. The molecule has 1 fully saturated rings. The Hall–Kier alpha value is -2.87. The van der Waals surface area contributed by atoms with E-state index in [2.05, 4.69) is 11.4 Å². The van der Waals surface area contributed by atoms with E-state index in [1.54, 1.807) is 12.1 Å². The number of carbonyl (C=O) groups is 1. The number of amides is 1. The predicted molar refractivity (Wildman–Crippen MR) is 138 cm³/mol. The van der Waals surface area contributed by atoms with Crippen LogP contribution in [0.2, 0.25) is 10.0 Å². The highest BCUT2D eigenvalue weighted by atomic mass is 35.5. The standard InChI is InChI=1S/C29H27Cl2FN2O/c1-19(34-28(35)29(13-2-3-14-29)26-12-11-24(32)17-27(26)31)25(16-20-7-9-23(30)10-8-20)22-6-4-5-21(15-22)18-33/h4-12,15,17,19,25H,2-3,13-14,16H2,1H3,(H,34,35). The molecular formula is C29H27Cl2FN2O. The van der Waals surface area contributed by atoms with Crippen LogP contribution in [0.5, 0.6) is 0 Å². The van der Waals surface area contributed by atoms with Crippen LogP contribution in [0, 0.1) is 17.1 Å². The van der Waals surface area contributed by atoms with Crippen molar-refractivity contribution >= 4 is 29.1 Å². The van der Waals surface area contributed by atoms with Gasteiger partial charge in [0.2, 0.25) is 5.91 Å². The van der Waals surface area contributed by atoms with E-state index >= 15 is 0 Å². The quantitative estimate of drug-likeness (QED) is 0.362. The molecule has 6 heteroatoms. The van der Waals surface area contributed by atoms with Crippen molar-refractivity contribution in [3.8, 4) is 6.07 Å². The van der Waals surface area contributed by atoms with Gasteiger partial charge in [0.25, 0.3) is 0 Å². The van der Waals surface area contributed by atoms with Gasteiger partial charge in [0.15, 0.2) is 0 Å². The molecule has 3 aromatic rings. The van der Waals surface area contributed by atoms with Crippen molar-refractivity contribution in [3.63, 3.8) is 0 Å². The van der Waals surface area contributed by atoms with E-state index in [4.69, 9.17) is 23.2 Å². The first kappa shape index (κ1) is 25.2. The van der Waals surface area contributed by atoms with E-state index in [9.17, 15) is 14.4 Å². The summed E-state index contributed by atoms with van der Waals surface area (Å²) in [6, 6.07) is 21.5. The molecule has 0 radical (unpaired) electrons. The molecule has 0 spiro atoms. The molecule has 2 unspecified atom stereocenters. The topological polar surface area (TPSA) is 52.9 Å². The van der Waals surface area contributed by atoms with Gasteiger partial charge in [-0.25, -0.2) is 4.39 Å². The number of nitrogens with zero attached hydrogens (tertiary/aromatic N) is 1. The number of rotatable bonds is 7. The zero-order chi connectivity index (χ0) is 25.0. The van der Waals surface area contributed by atoms with Gasteiger partial charge < -0.3 is 5.32 Å². The first-order chi connectivity index (χ1) is 16.8. The summed E-state index contributed by atoms with van der Waals surface area (Å²) in [5, 5.41) is 13.6. The van der Waals surface area contributed by atoms with Crippen molar-refractivity contribution in [3.05, 3.63) is 105 Å². The number of nitrogens with one attached hydrogen (secondary N) is 1. The smallest absolute Gasteiger partial charge is 0.230 e. The van der Waals surface area contributed by atoms with Crippen LogP contribution >= 0.6 is 23.2 Å². The molecule has 1 amide bonds. The van der Waals surface area contributed by atoms with Crippen LogP contribution in [0.25, 0.3) is 0 Å². The minimum Gasteiger partial charge on any atom is -0.352 e. The largest absolute Gasteiger partial charge is 0.352 e. The Morgan fingerprint density at radius 3 is 2.46 bits per heavy atom. The Kier molecular flexibility index (Phi) is 7.79. The molecule has 0 saturated heterocycles. The maximum Gasteiger partial charge on any atom is 0.230 e. The average Bonchev–Trinajstić information content (AvgIpc) is 3.34. The third kappa shape index (κ3) is 5.53. The lowest BCUT2D eigenvalue weighted by Crippen LogP contribution is -2.48. The molecule has 1 N–H and O–H groups in total. The first-order valence-corrected chi connectivity index (χ1v) is 12.6. The molecule has 1 saturated carbocycles. The molecule has 0 heterocycles. The molecule has 3 nitrogen and oxygen atoms in total. The second-order valence-corrected chi connectivity index (χ2v) is 10.2. The van der Waals surface area contributed by atoms with E-state index < -0.39 is 11.2 Å². The summed E-state index contributed by atoms with van der Waals surface area (Å²) in [6.45, 7) is 1.99. The SMILES string of the molecule is CC(NC(=O)C1(c2ccc(F)cc2Cl)CCCC1)C(Cc1ccc(Cl)cc1)c1cccc(C#N)c1. The fourth-order valence-electron chi connectivity index (χ4n) is 5.22. The number of hydrogen-bond acceptors (Lipinski definition) is 2. The van der Waals surface area contributed by atoms with Crippen molar-refractivity contribution in [1.82, 2.24) is 5.32 Å². The number of carbonyl (C=O) groups excluding carboxylic acids is 1. The van der Waals surface area contributed by atoms with Gasteiger partial charge in [-0.05, 0) is 79.3 Å². The lowest BCUT2D eigenvalue weighted by Gasteiger charge is -2.33. The summed E-state index contributed by atoms with van der Waals surface area (Å²) in [6.07, 6.45) is 3.82. The van der Waals surface area contributed by atoms with Crippen LogP contribution in [-0.4, -0.2) is 11.9 Å². The molecular weight excluding hydrogens is 482 g/mol. The van der Waals surface area contributed by atoms with E-state index in [0.29, 0.717) is 35.4 Å². The van der Waals surface area contributed by atoms with E-state index in [1.807, 2.05) is 49.4 Å². The molecule has 2 atom stereocenters. The summed E-state index contributed by atoms with van der Waals surface area (Å²) in [4.78, 5) is 13.8. The number of halogens is 3. The van der Waals surface area contributed by atoms with Gasteiger partial charge in [-0.2, -0.15) is 5.26 Å². The number of nitriles is 1. The van der Waals surface area contributed by atoms with Gasteiger partial charge >= 0.3 is 0 Å². The Bertz CT molecular complexity index is 1250. The molecule has 1 aliphatic carbocycles. The second-order valence-electron chi connectivity index (χ2n) is 9.35. The minimum atomic E-state index is -0.779. The summed E-state index contributed by atoms with van der Waals surface area (Å²) in [5.74, 6) is -0.579. The zero-order valence-corrected chi connectivity index (χ0v) is 21.0. The normalized spacial score (nSPS) is 16.3. The maximum atomic E-state index is 13.8. The van der Waals surface area contributed by atoms with Crippen molar-refractivity contribution in [2.24, 2.45) is 0 Å². The van der Waals surface area contributed by atoms with Crippen LogP contribution in [0.15, 0.2) is 66.7 Å². The van der Waals surface area contributed by atoms with Gasteiger partial charge in [0, 0.05) is 22.0 Å². The highest BCUT2D eigenvalue weighted by Gasteiger charge is 2.44. The van der Waals surface area contributed by atoms with Gasteiger partial charge in [-0.3, -0.25) is 4.79 Å². The first-order valence-electron chi connectivity index (χ1n) is 11.8. The average molecular weight is 509 g/mol. The van der Waals surface area contributed by atoms with Crippen molar-refractivity contribution in [1.29, 1.82) is 5.26 Å². The minimum absolute atomic E-state index is 0.0735. The van der Waals surface area contributed by atoms with Crippen molar-refractivity contribution < 1.29 is 9.18 Å². The highest BCUT2D eigenvalue weighted by molar-refractivity contribution is 6.31. The van der Waals surface area contributed by atoms with Crippen LogP contribution < -0.4 is 5.32 Å². The molecule has 0 bridgehead atoms. The third-order valence-electron chi connectivity index (χ3n) is 7.11. The Labute approximate surface area is 215 Å². The van der Waals surface area contributed by atoms with Gasteiger partial charge in [0.1, 0.15) is 5.82 Å². The monoisotopic (exact) mass is 508 g/mol. The summed E-state index contributed by atoms with van der Waals surface area (Å²) < 4.78 is 13.7. The third-order valence-corrected chi connectivity index (χ3v) is 7.68. The Morgan fingerprint density at radius 2 is 1.80 bits per heavy atom. The van der Waals surface area contributed by atoms with E-state index in [1.165, 1.54) is 12.1 Å². The fraction of sp³-hybridized carbons (Fsp3) is 0.310. The van der Waals surface area contributed by atoms with Gasteiger partial charge in [-0.15, -0.1) is 0 Å². The maximum absolute atomic E-state index is 13.8. The lowest BCUT2D eigenvalue weighted by molar-refractivity contribution is -0.127. The van der Waals surface area contributed by atoms with Crippen molar-refractivity contribution in [2.75, 3.05) is 0 Å². The molecule has 0 aromatic heterocycles. The van der Waals surface area contributed by atoms with Crippen molar-refractivity contribution in [2.45, 2.75) is 56.4 Å². The Morgan fingerprint density at radius 1 is 1.09 bits per heavy atom. The van der Waals surface area contributed by atoms with Crippen LogP contribution in [0.1, 0.15) is 60.8 Å². The highest BCUT2D eigenvalue weighted by Crippen LogP contribution is 2.44. The van der Waals surface area contributed by atoms with Gasteiger partial charge in [0.05, 0.1) is 17.0 Å². The summed E-state index contributed by atoms with van der Waals surface area (Å²) >= 11 is 12.5.